The molecule has 2 aromatic carbocycles. The smallest absolute Gasteiger partial charge is 0.328 e. The van der Waals surface area contributed by atoms with Crippen molar-refractivity contribution in [3.8, 4) is 0 Å². The molecule has 2 N–H and O–H groups in total. The summed E-state index contributed by atoms with van der Waals surface area (Å²) in [6.45, 7) is 2.75. The molecule has 2 aliphatic heterocycles. The van der Waals surface area contributed by atoms with Gasteiger partial charge in [0.2, 0.25) is 0 Å². The van der Waals surface area contributed by atoms with E-state index in [1.807, 2.05) is 0 Å². The molecule has 2 aliphatic rings. The van der Waals surface area contributed by atoms with Crippen LogP contribution in [0.15, 0.2) is 59.1 Å². The lowest BCUT2D eigenvalue weighted by atomic mass is 9.91. The third kappa shape index (κ3) is 5.89. The summed E-state index contributed by atoms with van der Waals surface area (Å²) in [5.74, 6) is -3.00. The van der Waals surface area contributed by atoms with E-state index < -0.39 is 11.9 Å². The number of likely N-dealkylation sites (tertiary alicyclic amines) is 1. The van der Waals surface area contributed by atoms with E-state index in [4.69, 9.17) is 14.7 Å². The Bertz CT molecular complexity index is 1320. The second-order valence-corrected chi connectivity index (χ2v) is 8.64. The van der Waals surface area contributed by atoms with Crippen LogP contribution in [0.3, 0.4) is 0 Å². The van der Waals surface area contributed by atoms with Gasteiger partial charge in [-0.3, -0.25) is 14.5 Å². The van der Waals surface area contributed by atoms with Crippen molar-refractivity contribution >= 4 is 34.7 Å². The maximum absolute atomic E-state index is 13.3. The lowest BCUT2D eigenvalue weighted by molar-refractivity contribution is -0.134. The number of aliphatic carboxylic acids is 2. The number of carboxylic acid groups (broad SMARTS) is 2. The van der Waals surface area contributed by atoms with Crippen molar-refractivity contribution in [3.63, 3.8) is 0 Å². The van der Waals surface area contributed by atoms with Crippen LogP contribution in [0, 0.1) is 5.82 Å². The number of carbonyl (C=O) groups is 4. The Morgan fingerprint density at radius 2 is 1.57 bits per heavy atom. The van der Waals surface area contributed by atoms with Crippen LogP contribution in [-0.2, 0) is 9.59 Å². The zero-order valence-electron chi connectivity index (χ0n) is 19.7. The first-order valence-electron chi connectivity index (χ1n) is 11.6. The summed E-state index contributed by atoms with van der Waals surface area (Å²) in [5, 5.41) is 20.7. The molecule has 11 heteroatoms. The molecule has 2 amide bonds. The molecule has 0 aliphatic carbocycles. The fraction of sp³-hybridized carbons (Fsp3) is 0.269. The van der Waals surface area contributed by atoms with E-state index in [1.165, 1.54) is 17.0 Å². The molecule has 0 radical (unpaired) electrons. The van der Waals surface area contributed by atoms with E-state index in [0.717, 1.165) is 37.0 Å². The molecule has 0 atom stereocenters. The number of carboxylic acids is 2. The van der Waals surface area contributed by atoms with Gasteiger partial charge < -0.3 is 19.6 Å². The summed E-state index contributed by atoms with van der Waals surface area (Å²) in [7, 11) is 0. The number of fused-ring (bicyclic) bond motifs is 2. The fourth-order valence-corrected chi connectivity index (χ4v) is 4.48. The molecular formula is C26H24FN3O7. The minimum atomic E-state index is -1.26. The molecule has 1 saturated heterocycles. The Morgan fingerprint density at radius 3 is 2.14 bits per heavy atom. The van der Waals surface area contributed by atoms with Gasteiger partial charge in [0.15, 0.2) is 5.58 Å². The standard InChI is InChI=1S/C22H20FN3O3.C4H4O4/c23-15-5-6-18-19(13-15)29-24-20(18)14-7-9-25(10-8-14)11-12-26-21(27)16-3-1-2-4-17(16)22(26)28;5-3(6)1-2-4(7)8/h1-6,13-14H,7-12H2;1-2H,(H,5,6)(H,7,8). The van der Waals surface area contributed by atoms with Crippen molar-refractivity contribution in [1.82, 2.24) is 15.0 Å². The molecular weight excluding hydrogens is 485 g/mol. The number of halogens is 1. The molecule has 37 heavy (non-hydrogen) atoms. The van der Waals surface area contributed by atoms with Crippen LogP contribution in [0.1, 0.15) is 45.2 Å². The highest BCUT2D eigenvalue weighted by molar-refractivity contribution is 6.21. The summed E-state index contributed by atoms with van der Waals surface area (Å²) in [4.78, 5) is 47.7. The third-order valence-corrected chi connectivity index (χ3v) is 6.32. The van der Waals surface area contributed by atoms with E-state index >= 15 is 0 Å². The first-order valence-corrected chi connectivity index (χ1v) is 11.6. The average molecular weight is 509 g/mol. The van der Waals surface area contributed by atoms with Gasteiger partial charge >= 0.3 is 11.9 Å². The molecule has 1 fully saturated rings. The largest absolute Gasteiger partial charge is 0.478 e. The van der Waals surface area contributed by atoms with Crippen LogP contribution in [0.4, 0.5) is 4.39 Å². The summed E-state index contributed by atoms with van der Waals surface area (Å²) in [6.07, 6.45) is 2.92. The monoisotopic (exact) mass is 509 g/mol. The molecule has 3 aromatic rings. The molecule has 0 spiro atoms. The maximum Gasteiger partial charge on any atom is 0.328 e. The quantitative estimate of drug-likeness (QED) is 0.379. The minimum Gasteiger partial charge on any atom is -0.478 e. The third-order valence-electron chi connectivity index (χ3n) is 6.32. The summed E-state index contributed by atoms with van der Waals surface area (Å²) >= 11 is 0. The number of carbonyl (C=O) groups excluding carboxylic acids is 2. The van der Waals surface area contributed by atoms with E-state index in [9.17, 15) is 23.6 Å². The first kappa shape index (κ1) is 25.7. The van der Waals surface area contributed by atoms with Gasteiger partial charge in [0.25, 0.3) is 11.8 Å². The van der Waals surface area contributed by atoms with E-state index in [-0.39, 0.29) is 23.5 Å². The van der Waals surface area contributed by atoms with Crippen molar-refractivity contribution in [1.29, 1.82) is 0 Å². The van der Waals surface area contributed by atoms with Gasteiger partial charge in [-0.2, -0.15) is 0 Å². The van der Waals surface area contributed by atoms with Gasteiger partial charge in [-0.05, 0) is 50.2 Å². The van der Waals surface area contributed by atoms with Crippen molar-refractivity contribution in [2.75, 3.05) is 26.2 Å². The first-order chi connectivity index (χ1) is 17.7. The number of rotatable bonds is 6. The van der Waals surface area contributed by atoms with Gasteiger partial charge in [-0.25, -0.2) is 14.0 Å². The fourth-order valence-electron chi connectivity index (χ4n) is 4.48. The number of piperidine rings is 1. The molecule has 192 valence electrons. The normalized spacial score (nSPS) is 16.2. The SMILES string of the molecule is O=C(O)C=CC(=O)O.O=C1c2ccccc2C(=O)N1CCN1CCC(c2noc3cc(F)ccc23)CC1. The summed E-state index contributed by atoms with van der Waals surface area (Å²) in [5.41, 5.74) is 2.35. The van der Waals surface area contributed by atoms with Gasteiger partial charge in [0, 0.05) is 42.6 Å². The zero-order chi connectivity index (χ0) is 26.5. The highest BCUT2D eigenvalue weighted by Crippen LogP contribution is 2.33. The summed E-state index contributed by atoms with van der Waals surface area (Å²) < 4.78 is 18.6. The van der Waals surface area contributed by atoms with Gasteiger partial charge in [0.1, 0.15) is 5.82 Å². The van der Waals surface area contributed by atoms with Gasteiger partial charge in [-0.1, -0.05) is 17.3 Å². The van der Waals surface area contributed by atoms with Crippen LogP contribution in [-0.4, -0.2) is 75.1 Å². The van der Waals surface area contributed by atoms with Gasteiger partial charge in [0.05, 0.1) is 16.8 Å². The number of amides is 2. The second-order valence-electron chi connectivity index (χ2n) is 8.64. The predicted molar refractivity (Wildman–Crippen MR) is 129 cm³/mol. The van der Waals surface area contributed by atoms with Crippen LogP contribution >= 0.6 is 0 Å². The number of aromatic nitrogens is 1. The number of hydrogen-bond acceptors (Lipinski definition) is 7. The Morgan fingerprint density at radius 1 is 0.973 bits per heavy atom. The molecule has 0 unspecified atom stereocenters. The van der Waals surface area contributed by atoms with E-state index in [2.05, 4.69) is 10.1 Å². The predicted octanol–water partition coefficient (Wildman–Crippen LogP) is 3.15. The van der Waals surface area contributed by atoms with Crippen LogP contribution in [0.5, 0.6) is 0 Å². The number of hydrogen-bond donors (Lipinski definition) is 2. The highest BCUT2D eigenvalue weighted by Gasteiger charge is 2.35. The second kappa shape index (κ2) is 11.1. The zero-order valence-corrected chi connectivity index (χ0v) is 19.7. The molecule has 1 aromatic heterocycles. The van der Waals surface area contributed by atoms with Crippen LogP contribution < -0.4 is 0 Å². The van der Waals surface area contributed by atoms with E-state index in [1.54, 1.807) is 30.3 Å². The molecule has 10 nitrogen and oxygen atoms in total. The van der Waals surface area contributed by atoms with Crippen molar-refractivity contribution in [3.05, 3.63) is 77.3 Å². The molecule has 0 bridgehead atoms. The Kier molecular flexibility index (Phi) is 7.73. The Balaban J connectivity index is 0.000000349. The average Bonchev–Trinajstić information content (AvgIpc) is 3.41. The van der Waals surface area contributed by atoms with Crippen LogP contribution in [0.2, 0.25) is 0 Å². The maximum atomic E-state index is 13.3. The minimum absolute atomic E-state index is 0.207. The summed E-state index contributed by atoms with van der Waals surface area (Å²) in [6, 6.07) is 11.5. The lowest BCUT2D eigenvalue weighted by Gasteiger charge is -2.32. The number of benzene rings is 2. The van der Waals surface area contributed by atoms with E-state index in [0.29, 0.717) is 42.0 Å². The molecule has 5 rings (SSSR count). The lowest BCUT2D eigenvalue weighted by Crippen LogP contribution is -2.41. The molecule has 3 heterocycles. The topological polar surface area (TPSA) is 141 Å². The van der Waals surface area contributed by atoms with Crippen LogP contribution in [0.25, 0.3) is 11.0 Å². The Labute approximate surface area is 210 Å². The van der Waals surface area contributed by atoms with Crippen molar-refractivity contribution in [2.45, 2.75) is 18.8 Å². The number of imide groups is 1. The molecule has 0 saturated carbocycles. The Hall–Kier alpha value is -4.38. The number of nitrogens with zero attached hydrogens (tertiary/aromatic N) is 3. The highest BCUT2D eigenvalue weighted by atomic mass is 19.1. The van der Waals surface area contributed by atoms with Gasteiger partial charge in [-0.15, -0.1) is 0 Å². The van der Waals surface area contributed by atoms with Crippen molar-refractivity contribution < 1.29 is 38.3 Å². The van der Waals surface area contributed by atoms with Crippen molar-refractivity contribution in [2.24, 2.45) is 0 Å².